The average molecular weight is 584 g/mol. The summed E-state index contributed by atoms with van der Waals surface area (Å²) in [5.74, 6) is -0.228. The fourth-order valence-electron chi connectivity index (χ4n) is 5.06. The number of aromatic nitrogens is 3. The lowest BCUT2D eigenvalue weighted by Gasteiger charge is -2.36. The lowest BCUT2D eigenvalue weighted by molar-refractivity contribution is 0.122. The van der Waals surface area contributed by atoms with Gasteiger partial charge in [-0.3, -0.25) is 9.21 Å². The highest BCUT2D eigenvalue weighted by molar-refractivity contribution is 7.92. The Hall–Kier alpha value is -3.94. The van der Waals surface area contributed by atoms with Crippen molar-refractivity contribution >= 4 is 38.6 Å². The molecule has 2 aromatic carbocycles. The zero-order chi connectivity index (χ0) is 29.3. The van der Waals surface area contributed by atoms with Gasteiger partial charge in [0.1, 0.15) is 0 Å². The molecule has 11 nitrogen and oxygen atoms in total. The predicted octanol–water partition coefficient (Wildman–Crippen LogP) is 3.19. The number of piperazine rings is 1. The lowest BCUT2D eigenvalue weighted by Crippen LogP contribution is -2.48. The Bertz CT molecular complexity index is 1650. The van der Waals surface area contributed by atoms with Gasteiger partial charge >= 0.3 is 0 Å². The smallest absolute Gasteiger partial charge is 0.245 e. The molecule has 0 aliphatic carbocycles. The van der Waals surface area contributed by atoms with Crippen LogP contribution in [0.1, 0.15) is 6.92 Å². The number of benzene rings is 2. The van der Waals surface area contributed by atoms with Crippen LogP contribution in [-0.2, 0) is 10.0 Å². The summed E-state index contributed by atoms with van der Waals surface area (Å²) in [4.78, 5) is 8.52. The molecule has 0 unspecified atom stereocenters. The summed E-state index contributed by atoms with van der Waals surface area (Å²) in [7, 11) is -0.569. The first-order chi connectivity index (χ1) is 19.6. The predicted molar refractivity (Wildman–Crippen MR) is 158 cm³/mol. The van der Waals surface area contributed by atoms with Crippen molar-refractivity contribution in [2.75, 3.05) is 67.7 Å². The van der Waals surface area contributed by atoms with Crippen LogP contribution in [0.15, 0.2) is 54.7 Å². The topological polar surface area (TPSA) is 116 Å². The second-order valence-electron chi connectivity index (χ2n) is 10.1. The number of halogens is 1. The van der Waals surface area contributed by atoms with Gasteiger partial charge in [-0.1, -0.05) is 18.2 Å². The minimum Gasteiger partial charge on any atom is -0.492 e. The number of hydrogen-bond acceptors (Lipinski definition) is 9. The summed E-state index contributed by atoms with van der Waals surface area (Å²) in [5.41, 5.74) is 3.36. The van der Waals surface area contributed by atoms with E-state index in [9.17, 15) is 13.5 Å². The number of aliphatic hydroxyl groups is 1. The van der Waals surface area contributed by atoms with Crippen LogP contribution >= 0.6 is 0 Å². The largest absolute Gasteiger partial charge is 0.492 e. The number of β-amino-alcohol motifs (C(OH)–C–C–N with tert-alkyl or cyclic N) is 1. The monoisotopic (exact) mass is 583 g/mol. The number of rotatable bonds is 9. The zero-order valence-electron chi connectivity index (χ0n) is 23.5. The normalized spacial score (nSPS) is 15.2. The number of hydrogen-bond donors (Lipinski definition) is 2. The Labute approximate surface area is 238 Å². The highest BCUT2D eigenvalue weighted by Gasteiger charge is 2.24. The number of nitrogens with zero attached hydrogens (tertiary/aromatic N) is 6. The molecular weight excluding hydrogens is 549 g/mol. The van der Waals surface area contributed by atoms with Crippen molar-refractivity contribution in [1.29, 1.82) is 0 Å². The molecular formula is C28H34FN7O4S. The van der Waals surface area contributed by atoms with Gasteiger partial charge in [-0.2, -0.15) is 0 Å². The molecule has 5 rings (SSSR count). The van der Waals surface area contributed by atoms with E-state index in [1.807, 2.05) is 29.2 Å². The number of methoxy groups -OCH3 is 1. The van der Waals surface area contributed by atoms with Crippen LogP contribution < -0.4 is 19.3 Å². The van der Waals surface area contributed by atoms with Gasteiger partial charge in [0.2, 0.25) is 16.0 Å². The number of sulfonamides is 1. The van der Waals surface area contributed by atoms with Crippen molar-refractivity contribution in [3.05, 3.63) is 60.5 Å². The molecule has 0 bridgehead atoms. The van der Waals surface area contributed by atoms with E-state index in [-0.39, 0.29) is 11.7 Å². The van der Waals surface area contributed by atoms with E-state index < -0.39 is 21.9 Å². The van der Waals surface area contributed by atoms with Gasteiger partial charge < -0.3 is 20.1 Å². The first kappa shape index (κ1) is 28.6. The maximum Gasteiger partial charge on any atom is 0.245 e. The molecule has 0 saturated carbocycles. The third-order valence-electron chi connectivity index (χ3n) is 7.18. The molecule has 1 saturated heterocycles. The van der Waals surface area contributed by atoms with E-state index >= 15 is 4.39 Å². The highest BCUT2D eigenvalue weighted by atomic mass is 32.2. The first-order valence-electron chi connectivity index (χ1n) is 13.2. The molecule has 1 aliphatic heterocycles. The molecule has 218 valence electrons. The van der Waals surface area contributed by atoms with Crippen molar-refractivity contribution in [3.8, 4) is 17.0 Å². The Morgan fingerprint density at radius 3 is 2.54 bits per heavy atom. The summed E-state index contributed by atoms with van der Waals surface area (Å²) < 4.78 is 48.6. The minimum absolute atomic E-state index is 0.0467. The Kier molecular flexibility index (Phi) is 8.02. The molecule has 2 N–H and O–H groups in total. The Morgan fingerprint density at radius 2 is 1.85 bits per heavy atom. The van der Waals surface area contributed by atoms with E-state index in [2.05, 4.69) is 20.3 Å². The second kappa shape index (κ2) is 11.5. The molecule has 0 amide bonds. The molecule has 13 heteroatoms. The van der Waals surface area contributed by atoms with Crippen LogP contribution in [0.25, 0.3) is 16.8 Å². The molecule has 3 heterocycles. The number of fused-ring (bicyclic) bond motifs is 1. The molecule has 1 atom stereocenters. The van der Waals surface area contributed by atoms with Gasteiger partial charge in [0.15, 0.2) is 11.6 Å². The number of ether oxygens (including phenoxy) is 1. The van der Waals surface area contributed by atoms with Gasteiger partial charge in [0.25, 0.3) is 0 Å². The molecule has 2 aromatic heterocycles. The standard InChI is InChI=1S/C28H34FN7O4S/c1-19(37)18-34-13-15-35(16-14-34)25-12-10-22(27(40-3)26(25)29)31-28-30-17-20-9-11-24(36(20)32-28)21-7-5-6-8-23(21)33(2)41(4,38)39/h5-12,17,19,37H,13-16,18H2,1-4H3,(H,31,32)/t19-/m0/s1. The molecule has 0 radical (unpaired) electrons. The van der Waals surface area contributed by atoms with Crippen LogP contribution in [0.3, 0.4) is 0 Å². The van der Waals surface area contributed by atoms with Crippen molar-refractivity contribution in [2.45, 2.75) is 13.0 Å². The summed E-state index contributed by atoms with van der Waals surface area (Å²) in [6, 6.07) is 14.3. The number of aliphatic hydroxyl groups excluding tert-OH is 1. The van der Waals surface area contributed by atoms with E-state index in [1.54, 1.807) is 41.9 Å². The Morgan fingerprint density at radius 1 is 1.12 bits per heavy atom. The molecule has 0 spiro atoms. The van der Waals surface area contributed by atoms with E-state index in [1.165, 1.54) is 18.5 Å². The minimum atomic E-state index is -3.49. The van der Waals surface area contributed by atoms with Crippen LogP contribution in [0.5, 0.6) is 5.75 Å². The molecule has 1 aliphatic rings. The number of nitrogens with one attached hydrogen (secondary N) is 1. The fourth-order valence-corrected chi connectivity index (χ4v) is 5.58. The van der Waals surface area contributed by atoms with Crippen LogP contribution in [0, 0.1) is 5.82 Å². The van der Waals surface area contributed by atoms with Crippen LogP contribution in [0.2, 0.25) is 0 Å². The van der Waals surface area contributed by atoms with Gasteiger partial charge in [0, 0.05) is 45.3 Å². The lowest BCUT2D eigenvalue weighted by atomic mass is 10.1. The van der Waals surface area contributed by atoms with E-state index in [4.69, 9.17) is 4.74 Å². The van der Waals surface area contributed by atoms with Crippen molar-refractivity contribution < 1.29 is 22.7 Å². The maximum atomic E-state index is 15.7. The van der Waals surface area contributed by atoms with Crippen molar-refractivity contribution in [3.63, 3.8) is 0 Å². The molecule has 1 fully saturated rings. The van der Waals surface area contributed by atoms with Crippen LogP contribution in [0.4, 0.5) is 27.4 Å². The summed E-state index contributed by atoms with van der Waals surface area (Å²) in [6.45, 7) is 5.07. The quantitative estimate of drug-likeness (QED) is 0.307. The SMILES string of the molecule is COc1c(Nc2ncc3ccc(-c4ccccc4N(C)S(C)(=O)=O)n3n2)ccc(N2CCN(C[C@H](C)O)CC2)c1F. The number of para-hydroxylation sites is 1. The number of anilines is 4. The van der Waals surface area contributed by atoms with E-state index in [0.717, 1.165) is 19.3 Å². The average Bonchev–Trinajstić information content (AvgIpc) is 3.36. The van der Waals surface area contributed by atoms with Gasteiger partial charge in [-0.15, -0.1) is 5.10 Å². The van der Waals surface area contributed by atoms with Crippen LogP contribution in [-0.4, -0.2) is 92.3 Å². The second-order valence-corrected chi connectivity index (χ2v) is 12.1. The highest BCUT2D eigenvalue weighted by Crippen LogP contribution is 2.37. The summed E-state index contributed by atoms with van der Waals surface area (Å²) >= 11 is 0. The third kappa shape index (κ3) is 5.92. The molecule has 4 aromatic rings. The zero-order valence-corrected chi connectivity index (χ0v) is 24.3. The van der Waals surface area contributed by atoms with Gasteiger partial charge in [-0.25, -0.2) is 22.3 Å². The Balaban J connectivity index is 1.43. The van der Waals surface area contributed by atoms with Crippen molar-refractivity contribution in [1.82, 2.24) is 19.5 Å². The fraction of sp³-hybridized carbons (Fsp3) is 0.357. The maximum absolute atomic E-state index is 15.7. The van der Waals surface area contributed by atoms with E-state index in [0.29, 0.717) is 53.5 Å². The summed E-state index contributed by atoms with van der Waals surface area (Å²) in [6.07, 6.45) is 2.38. The van der Waals surface area contributed by atoms with Gasteiger partial charge in [-0.05, 0) is 37.3 Å². The summed E-state index contributed by atoms with van der Waals surface area (Å²) in [5, 5.41) is 17.4. The first-order valence-corrected chi connectivity index (χ1v) is 15.1. The van der Waals surface area contributed by atoms with Gasteiger partial charge in [0.05, 0.1) is 53.9 Å². The molecule has 41 heavy (non-hydrogen) atoms. The third-order valence-corrected chi connectivity index (χ3v) is 8.37. The van der Waals surface area contributed by atoms with Crippen molar-refractivity contribution in [2.24, 2.45) is 0 Å².